The second-order valence-electron chi connectivity index (χ2n) is 6.12. The molecule has 0 fully saturated rings. The molecular formula is C19H26ClNOS. The lowest BCUT2D eigenvalue weighted by atomic mass is 10.1. The Labute approximate surface area is 148 Å². The fourth-order valence-electron chi connectivity index (χ4n) is 2.68. The molecule has 1 aromatic heterocycles. The summed E-state index contributed by atoms with van der Waals surface area (Å²) in [6, 6.07) is 6.11. The Hall–Kier alpha value is -1.06. The van der Waals surface area contributed by atoms with Gasteiger partial charge in [0.25, 0.3) is 5.91 Å². The third kappa shape index (κ3) is 5.22. The number of carbonyl (C=O) groups is 1. The van der Waals surface area contributed by atoms with Gasteiger partial charge in [-0.1, -0.05) is 69.2 Å². The van der Waals surface area contributed by atoms with Crippen LogP contribution in [-0.4, -0.2) is 12.5 Å². The zero-order valence-electron chi connectivity index (χ0n) is 14.1. The molecule has 0 saturated heterocycles. The highest BCUT2D eigenvalue weighted by Gasteiger charge is 2.16. The lowest BCUT2D eigenvalue weighted by Crippen LogP contribution is -2.23. The van der Waals surface area contributed by atoms with E-state index in [0.29, 0.717) is 9.90 Å². The molecule has 0 saturated carbocycles. The highest BCUT2D eigenvalue weighted by molar-refractivity contribution is 7.21. The fraction of sp³-hybridized carbons (Fsp3) is 0.526. The van der Waals surface area contributed by atoms with E-state index in [4.69, 9.17) is 11.6 Å². The summed E-state index contributed by atoms with van der Waals surface area (Å²) in [4.78, 5) is 12.9. The molecule has 1 heterocycles. The summed E-state index contributed by atoms with van der Waals surface area (Å²) in [5, 5.41) is 4.57. The number of halogens is 1. The molecule has 2 rings (SSSR count). The number of unbranched alkanes of at least 4 members (excludes halogenated alkanes) is 6. The van der Waals surface area contributed by atoms with E-state index in [2.05, 4.69) is 18.3 Å². The number of rotatable bonds is 9. The second kappa shape index (κ2) is 9.29. The van der Waals surface area contributed by atoms with Crippen molar-refractivity contribution in [1.82, 2.24) is 5.32 Å². The van der Waals surface area contributed by atoms with E-state index in [9.17, 15) is 4.79 Å². The quantitative estimate of drug-likeness (QED) is 0.524. The highest BCUT2D eigenvalue weighted by Crippen LogP contribution is 2.35. The van der Waals surface area contributed by atoms with Gasteiger partial charge in [-0.15, -0.1) is 11.3 Å². The van der Waals surface area contributed by atoms with E-state index in [1.54, 1.807) is 0 Å². The molecule has 4 heteroatoms. The first kappa shape index (κ1) is 18.3. The Morgan fingerprint density at radius 1 is 1.13 bits per heavy atom. The average molecular weight is 352 g/mol. The number of amides is 1. The van der Waals surface area contributed by atoms with Crippen molar-refractivity contribution in [2.75, 3.05) is 6.54 Å². The molecule has 0 spiro atoms. The Kier molecular flexibility index (Phi) is 7.38. The van der Waals surface area contributed by atoms with E-state index < -0.39 is 0 Å². The van der Waals surface area contributed by atoms with Gasteiger partial charge in [0.05, 0.1) is 5.02 Å². The van der Waals surface area contributed by atoms with Gasteiger partial charge < -0.3 is 5.32 Å². The van der Waals surface area contributed by atoms with Crippen molar-refractivity contribution in [3.63, 3.8) is 0 Å². The molecule has 2 aromatic rings. The lowest BCUT2D eigenvalue weighted by molar-refractivity contribution is 0.0957. The number of hydrogen-bond donors (Lipinski definition) is 1. The third-order valence-corrected chi connectivity index (χ3v) is 5.71. The van der Waals surface area contributed by atoms with Gasteiger partial charge in [-0.2, -0.15) is 0 Å². The van der Waals surface area contributed by atoms with Crippen LogP contribution in [0.5, 0.6) is 0 Å². The molecule has 126 valence electrons. The molecule has 1 aromatic carbocycles. The van der Waals surface area contributed by atoms with Crippen LogP contribution in [-0.2, 0) is 0 Å². The van der Waals surface area contributed by atoms with Crippen LogP contribution in [0.15, 0.2) is 18.2 Å². The molecule has 0 unspecified atom stereocenters. The first-order chi connectivity index (χ1) is 11.1. The zero-order chi connectivity index (χ0) is 16.7. The van der Waals surface area contributed by atoms with Gasteiger partial charge in [0, 0.05) is 16.6 Å². The standard InChI is InChI=1S/C19H26ClNOS/c1-3-4-5-6-7-8-9-12-21-19(22)18-17(20)15-11-10-14(2)13-16(15)23-18/h10-11,13H,3-9,12H2,1-2H3,(H,21,22). The predicted octanol–water partition coefficient (Wildman–Crippen LogP) is 6.34. The van der Waals surface area contributed by atoms with Crippen molar-refractivity contribution >= 4 is 38.9 Å². The molecule has 0 aliphatic heterocycles. The smallest absolute Gasteiger partial charge is 0.262 e. The molecule has 23 heavy (non-hydrogen) atoms. The van der Waals surface area contributed by atoms with Crippen molar-refractivity contribution in [2.24, 2.45) is 0 Å². The monoisotopic (exact) mass is 351 g/mol. The maximum Gasteiger partial charge on any atom is 0.262 e. The van der Waals surface area contributed by atoms with Crippen molar-refractivity contribution in [1.29, 1.82) is 0 Å². The summed E-state index contributed by atoms with van der Waals surface area (Å²) < 4.78 is 1.08. The average Bonchev–Trinajstić information content (AvgIpc) is 2.86. The van der Waals surface area contributed by atoms with Crippen molar-refractivity contribution < 1.29 is 4.79 Å². The zero-order valence-corrected chi connectivity index (χ0v) is 15.7. The van der Waals surface area contributed by atoms with Crippen LogP contribution in [0.25, 0.3) is 10.1 Å². The minimum absolute atomic E-state index is 0.0418. The lowest BCUT2D eigenvalue weighted by Gasteiger charge is -2.04. The Morgan fingerprint density at radius 2 is 1.83 bits per heavy atom. The molecule has 1 amide bonds. The molecule has 0 aliphatic carbocycles. The summed E-state index contributed by atoms with van der Waals surface area (Å²) in [5.74, 6) is -0.0418. The number of carbonyl (C=O) groups excluding carboxylic acids is 1. The fourth-order valence-corrected chi connectivity index (χ4v) is 4.21. The van der Waals surface area contributed by atoms with Gasteiger partial charge in [0.1, 0.15) is 4.88 Å². The van der Waals surface area contributed by atoms with Gasteiger partial charge in [-0.25, -0.2) is 0 Å². The van der Waals surface area contributed by atoms with Gasteiger partial charge >= 0.3 is 0 Å². The molecule has 2 nitrogen and oxygen atoms in total. The molecule has 0 atom stereocenters. The number of aryl methyl sites for hydroxylation is 1. The van der Waals surface area contributed by atoms with Crippen LogP contribution in [0.2, 0.25) is 5.02 Å². The summed E-state index contributed by atoms with van der Waals surface area (Å²) in [6.07, 6.45) is 8.75. The van der Waals surface area contributed by atoms with Crippen molar-refractivity contribution in [2.45, 2.75) is 58.8 Å². The Morgan fingerprint density at radius 3 is 2.57 bits per heavy atom. The molecular weight excluding hydrogens is 326 g/mol. The molecule has 0 bridgehead atoms. The summed E-state index contributed by atoms with van der Waals surface area (Å²) in [7, 11) is 0. The highest BCUT2D eigenvalue weighted by atomic mass is 35.5. The minimum Gasteiger partial charge on any atom is -0.351 e. The number of benzene rings is 1. The topological polar surface area (TPSA) is 29.1 Å². The van der Waals surface area contributed by atoms with Gasteiger partial charge in [0.2, 0.25) is 0 Å². The Balaban J connectivity index is 1.79. The van der Waals surface area contributed by atoms with E-state index in [-0.39, 0.29) is 5.91 Å². The predicted molar refractivity (Wildman–Crippen MR) is 102 cm³/mol. The van der Waals surface area contributed by atoms with Crippen LogP contribution in [0.4, 0.5) is 0 Å². The first-order valence-electron chi connectivity index (χ1n) is 8.60. The van der Waals surface area contributed by atoms with Gasteiger partial charge in [-0.3, -0.25) is 4.79 Å². The molecule has 0 radical (unpaired) electrons. The van der Waals surface area contributed by atoms with Gasteiger partial charge in [-0.05, 0) is 25.0 Å². The van der Waals surface area contributed by atoms with Crippen molar-refractivity contribution in [3.05, 3.63) is 33.7 Å². The van der Waals surface area contributed by atoms with Crippen molar-refractivity contribution in [3.8, 4) is 0 Å². The van der Waals surface area contributed by atoms with E-state index >= 15 is 0 Å². The van der Waals surface area contributed by atoms with Crippen LogP contribution in [0, 0.1) is 6.92 Å². The molecule has 0 aliphatic rings. The number of nitrogens with one attached hydrogen (secondary N) is 1. The van der Waals surface area contributed by atoms with Crippen LogP contribution < -0.4 is 5.32 Å². The number of fused-ring (bicyclic) bond motifs is 1. The van der Waals surface area contributed by atoms with Gasteiger partial charge in [0.15, 0.2) is 0 Å². The normalized spacial score (nSPS) is 11.1. The maximum absolute atomic E-state index is 12.3. The van der Waals surface area contributed by atoms with Crippen LogP contribution in [0.3, 0.4) is 0 Å². The summed E-state index contributed by atoms with van der Waals surface area (Å²) in [6.45, 7) is 5.01. The molecule has 1 N–H and O–H groups in total. The third-order valence-electron chi connectivity index (χ3n) is 4.06. The first-order valence-corrected chi connectivity index (χ1v) is 9.79. The number of thiophene rings is 1. The SMILES string of the molecule is CCCCCCCCCNC(=O)c1sc2cc(C)ccc2c1Cl. The number of hydrogen-bond acceptors (Lipinski definition) is 2. The van der Waals surface area contributed by atoms with Crippen LogP contribution in [0.1, 0.15) is 67.1 Å². The second-order valence-corrected chi connectivity index (χ2v) is 7.55. The largest absolute Gasteiger partial charge is 0.351 e. The maximum atomic E-state index is 12.3. The van der Waals surface area contributed by atoms with E-state index in [0.717, 1.165) is 23.1 Å². The minimum atomic E-state index is -0.0418. The van der Waals surface area contributed by atoms with E-state index in [1.165, 1.54) is 55.4 Å². The summed E-state index contributed by atoms with van der Waals surface area (Å²) in [5.41, 5.74) is 1.19. The van der Waals surface area contributed by atoms with E-state index in [1.807, 2.05) is 19.1 Å². The Bertz CT molecular complexity index is 650. The van der Waals surface area contributed by atoms with Crippen LogP contribution >= 0.6 is 22.9 Å². The summed E-state index contributed by atoms with van der Waals surface area (Å²) >= 11 is 7.84.